The smallest absolute Gasteiger partial charge is 0.137 e. The molecule has 0 spiro atoms. The van der Waals surface area contributed by atoms with Crippen LogP contribution in [0.5, 0.6) is 0 Å². The van der Waals surface area contributed by atoms with E-state index in [1.165, 1.54) is 12.8 Å². The molecular formula is C14H20ClN3O. The first kappa shape index (κ1) is 13.1. The van der Waals surface area contributed by atoms with E-state index in [0.717, 1.165) is 43.1 Å². The summed E-state index contributed by atoms with van der Waals surface area (Å²) in [5.41, 5.74) is 0.982. The van der Waals surface area contributed by atoms with Crippen LogP contribution in [-0.2, 0) is 0 Å². The second-order valence-corrected chi connectivity index (χ2v) is 6.07. The molecule has 0 amide bonds. The van der Waals surface area contributed by atoms with E-state index in [2.05, 4.69) is 9.88 Å². The lowest BCUT2D eigenvalue weighted by atomic mass is 10.1. The fourth-order valence-electron chi connectivity index (χ4n) is 2.77. The molecule has 104 valence electrons. The van der Waals surface area contributed by atoms with Crippen LogP contribution in [0.25, 0.3) is 0 Å². The van der Waals surface area contributed by atoms with Crippen LogP contribution < -0.4 is 4.90 Å². The Morgan fingerprint density at radius 3 is 2.79 bits per heavy atom. The SMILES string of the molecule is Cc1c(Cl)nc(C2CC2)nc1N1CCC(CCO)C1. The van der Waals surface area contributed by atoms with Gasteiger partial charge in [-0.15, -0.1) is 0 Å². The van der Waals surface area contributed by atoms with Crippen molar-refractivity contribution in [3.8, 4) is 0 Å². The Labute approximate surface area is 118 Å². The minimum atomic E-state index is 0.273. The fraction of sp³-hybridized carbons (Fsp3) is 0.714. The third kappa shape index (κ3) is 2.70. The molecule has 3 rings (SSSR count). The van der Waals surface area contributed by atoms with Gasteiger partial charge in [0.25, 0.3) is 0 Å². The largest absolute Gasteiger partial charge is 0.396 e. The van der Waals surface area contributed by atoms with Gasteiger partial charge in [0.15, 0.2) is 0 Å². The Hall–Kier alpha value is -0.870. The first-order valence-electron chi connectivity index (χ1n) is 7.09. The van der Waals surface area contributed by atoms with E-state index in [9.17, 15) is 0 Å². The number of anilines is 1. The second-order valence-electron chi connectivity index (χ2n) is 5.71. The van der Waals surface area contributed by atoms with E-state index in [4.69, 9.17) is 21.7 Å². The zero-order valence-electron chi connectivity index (χ0n) is 11.3. The summed E-state index contributed by atoms with van der Waals surface area (Å²) in [6, 6.07) is 0. The molecule has 2 aliphatic rings. The lowest BCUT2D eigenvalue weighted by Crippen LogP contribution is -2.23. The lowest BCUT2D eigenvalue weighted by Gasteiger charge is -2.20. The third-order valence-corrected chi connectivity index (χ3v) is 4.51. The van der Waals surface area contributed by atoms with Crippen molar-refractivity contribution in [1.82, 2.24) is 9.97 Å². The molecular weight excluding hydrogens is 262 g/mol. The van der Waals surface area contributed by atoms with Crippen molar-refractivity contribution in [2.75, 3.05) is 24.6 Å². The van der Waals surface area contributed by atoms with Crippen molar-refractivity contribution in [2.45, 2.75) is 38.5 Å². The minimum absolute atomic E-state index is 0.273. The highest BCUT2D eigenvalue weighted by molar-refractivity contribution is 6.30. The molecule has 5 heteroatoms. The molecule has 4 nitrogen and oxygen atoms in total. The number of aliphatic hydroxyl groups is 1. The molecule has 1 aromatic heterocycles. The highest BCUT2D eigenvalue weighted by Gasteiger charge is 2.30. The number of hydrogen-bond acceptors (Lipinski definition) is 4. The van der Waals surface area contributed by atoms with E-state index in [-0.39, 0.29) is 6.61 Å². The van der Waals surface area contributed by atoms with Gasteiger partial charge in [-0.25, -0.2) is 9.97 Å². The number of aliphatic hydroxyl groups excluding tert-OH is 1. The Morgan fingerprint density at radius 2 is 2.11 bits per heavy atom. The summed E-state index contributed by atoms with van der Waals surface area (Å²) in [5.74, 6) is 3.01. The van der Waals surface area contributed by atoms with E-state index < -0.39 is 0 Å². The van der Waals surface area contributed by atoms with E-state index in [1.54, 1.807) is 0 Å². The average molecular weight is 282 g/mol. The van der Waals surface area contributed by atoms with Gasteiger partial charge in [0.2, 0.25) is 0 Å². The molecule has 1 atom stereocenters. The van der Waals surface area contributed by atoms with Crippen LogP contribution in [0.3, 0.4) is 0 Å². The number of aromatic nitrogens is 2. The van der Waals surface area contributed by atoms with Crippen LogP contribution in [-0.4, -0.2) is 34.8 Å². The van der Waals surface area contributed by atoms with Crippen LogP contribution in [0.15, 0.2) is 0 Å². The quantitative estimate of drug-likeness (QED) is 0.862. The van der Waals surface area contributed by atoms with Gasteiger partial charge in [0.05, 0.1) is 0 Å². The Balaban J connectivity index is 1.83. The molecule has 19 heavy (non-hydrogen) atoms. The maximum absolute atomic E-state index is 9.04. The molecule has 2 fully saturated rings. The molecule has 1 saturated heterocycles. The van der Waals surface area contributed by atoms with Crippen LogP contribution in [0.2, 0.25) is 5.15 Å². The van der Waals surface area contributed by atoms with Crippen molar-refractivity contribution in [3.05, 3.63) is 16.5 Å². The van der Waals surface area contributed by atoms with Gasteiger partial charge in [0, 0.05) is 31.2 Å². The van der Waals surface area contributed by atoms with Crippen LogP contribution in [0.1, 0.15) is 43.0 Å². The first-order valence-corrected chi connectivity index (χ1v) is 7.46. The maximum Gasteiger partial charge on any atom is 0.137 e. The van der Waals surface area contributed by atoms with E-state index in [0.29, 0.717) is 17.0 Å². The molecule has 1 N–H and O–H groups in total. The summed E-state index contributed by atoms with van der Waals surface area (Å²) in [4.78, 5) is 11.5. The highest BCUT2D eigenvalue weighted by Crippen LogP contribution is 2.40. The van der Waals surface area contributed by atoms with E-state index >= 15 is 0 Å². The molecule has 1 aromatic rings. The van der Waals surface area contributed by atoms with Gasteiger partial charge >= 0.3 is 0 Å². The van der Waals surface area contributed by atoms with Crippen molar-refractivity contribution in [1.29, 1.82) is 0 Å². The molecule has 1 aliphatic carbocycles. The Bertz CT molecular complexity index is 476. The molecule has 1 unspecified atom stereocenters. The monoisotopic (exact) mass is 281 g/mol. The highest BCUT2D eigenvalue weighted by atomic mass is 35.5. The first-order chi connectivity index (χ1) is 9.19. The van der Waals surface area contributed by atoms with Crippen molar-refractivity contribution in [3.63, 3.8) is 0 Å². The summed E-state index contributed by atoms with van der Waals surface area (Å²) in [6.45, 7) is 4.24. The third-order valence-electron chi connectivity index (χ3n) is 4.14. The van der Waals surface area contributed by atoms with Crippen molar-refractivity contribution < 1.29 is 5.11 Å². The molecule has 1 saturated carbocycles. The van der Waals surface area contributed by atoms with Gasteiger partial charge < -0.3 is 10.0 Å². The predicted octanol–water partition coefficient (Wildman–Crippen LogP) is 2.52. The number of halogens is 1. The molecule has 0 aromatic carbocycles. The normalized spacial score (nSPS) is 23.1. The number of hydrogen-bond donors (Lipinski definition) is 1. The topological polar surface area (TPSA) is 49.2 Å². The average Bonchev–Trinajstić information content (AvgIpc) is 3.14. The summed E-state index contributed by atoms with van der Waals surface area (Å²) < 4.78 is 0. The van der Waals surface area contributed by atoms with Gasteiger partial charge in [-0.05, 0) is 38.5 Å². The van der Waals surface area contributed by atoms with Gasteiger partial charge in [-0.1, -0.05) is 11.6 Å². The summed E-state index contributed by atoms with van der Waals surface area (Å²) in [6.07, 6.45) is 4.38. The standard InChI is InChI=1S/C14H20ClN3O/c1-9-12(15)16-13(11-2-3-11)17-14(9)18-6-4-10(8-18)5-7-19/h10-11,19H,2-8H2,1H3. The van der Waals surface area contributed by atoms with Crippen molar-refractivity contribution in [2.24, 2.45) is 5.92 Å². The van der Waals surface area contributed by atoms with Crippen molar-refractivity contribution >= 4 is 17.4 Å². The number of rotatable bonds is 4. The molecule has 2 heterocycles. The van der Waals surface area contributed by atoms with Gasteiger partial charge in [-0.3, -0.25) is 0 Å². The summed E-state index contributed by atoms with van der Waals surface area (Å²) >= 11 is 6.25. The lowest BCUT2D eigenvalue weighted by molar-refractivity contribution is 0.263. The van der Waals surface area contributed by atoms with Crippen LogP contribution in [0.4, 0.5) is 5.82 Å². The second kappa shape index (κ2) is 5.25. The van der Waals surface area contributed by atoms with Crippen LogP contribution in [0, 0.1) is 12.8 Å². The predicted molar refractivity (Wildman–Crippen MR) is 75.8 cm³/mol. The summed E-state index contributed by atoms with van der Waals surface area (Å²) in [5, 5.41) is 9.64. The minimum Gasteiger partial charge on any atom is -0.396 e. The Morgan fingerprint density at radius 1 is 1.32 bits per heavy atom. The molecule has 1 aliphatic heterocycles. The van der Waals surface area contributed by atoms with Gasteiger partial charge in [0.1, 0.15) is 16.8 Å². The molecule has 0 bridgehead atoms. The summed E-state index contributed by atoms with van der Waals surface area (Å²) in [7, 11) is 0. The number of nitrogens with zero attached hydrogens (tertiary/aromatic N) is 3. The maximum atomic E-state index is 9.04. The van der Waals surface area contributed by atoms with E-state index in [1.807, 2.05) is 6.92 Å². The van der Waals surface area contributed by atoms with Crippen LogP contribution >= 0.6 is 11.6 Å². The Kier molecular flexibility index (Phi) is 3.63. The van der Waals surface area contributed by atoms with Gasteiger partial charge in [-0.2, -0.15) is 0 Å². The zero-order valence-corrected chi connectivity index (χ0v) is 12.0. The molecule has 0 radical (unpaired) electrons. The fourth-order valence-corrected chi connectivity index (χ4v) is 2.94. The zero-order chi connectivity index (χ0) is 13.4.